The van der Waals surface area contributed by atoms with Gasteiger partial charge in [0.15, 0.2) is 0 Å². The van der Waals surface area contributed by atoms with Crippen molar-refractivity contribution < 1.29 is 0 Å². The molecule has 4 unspecified atom stereocenters. The Morgan fingerprint density at radius 2 is 2.00 bits per heavy atom. The van der Waals surface area contributed by atoms with Gasteiger partial charge >= 0.3 is 0 Å². The smallest absolute Gasteiger partial charge is 0.0193 e. The molecule has 88 valence electrons. The molecule has 2 nitrogen and oxygen atoms in total. The third kappa shape index (κ3) is 3.18. The van der Waals surface area contributed by atoms with Crippen LogP contribution in [0.15, 0.2) is 0 Å². The van der Waals surface area contributed by atoms with Crippen LogP contribution in [0.3, 0.4) is 0 Å². The molecular formula is C13H26N2. The van der Waals surface area contributed by atoms with Gasteiger partial charge in [-0.05, 0) is 50.5 Å². The van der Waals surface area contributed by atoms with Crippen molar-refractivity contribution in [3.63, 3.8) is 0 Å². The average molecular weight is 210 g/mol. The lowest BCUT2D eigenvalue weighted by molar-refractivity contribution is 0.224. The Hall–Kier alpha value is -0.0800. The van der Waals surface area contributed by atoms with Crippen LogP contribution in [0.5, 0.6) is 0 Å². The van der Waals surface area contributed by atoms with Gasteiger partial charge in [0.1, 0.15) is 0 Å². The minimum absolute atomic E-state index is 0.750. The van der Waals surface area contributed by atoms with E-state index in [-0.39, 0.29) is 0 Å². The van der Waals surface area contributed by atoms with Gasteiger partial charge in [-0.15, -0.1) is 0 Å². The van der Waals surface area contributed by atoms with Crippen LogP contribution in [0, 0.1) is 11.8 Å². The summed E-state index contributed by atoms with van der Waals surface area (Å²) in [5.74, 6) is 1.85. The van der Waals surface area contributed by atoms with Crippen LogP contribution in [-0.2, 0) is 0 Å². The molecule has 1 aliphatic heterocycles. The summed E-state index contributed by atoms with van der Waals surface area (Å²) in [4.78, 5) is 0. The number of hydrogen-bond acceptors (Lipinski definition) is 2. The molecule has 4 atom stereocenters. The van der Waals surface area contributed by atoms with Crippen molar-refractivity contribution in [3.05, 3.63) is 0 Å². The third-order valence-electron chi connectivity index (χ3n) is 4.41. The maximum absolute atomic E-state index is 3.75. The van der Waals surface area contributed by atoms with E-state index in [0.717, 1.165) is 23.9 Å². The molecule has 1 heterocycles. The summed E-state index contributed by atoms with van der Waals surface area (Å²) in [6, 6.07) is 1.54. The highest BCUT2D eigenvalue weighted by atomic mass is 15.0. The molecule has 1 saturated heterocycles. The second kappa shape index (κ2) is 5.31. The van der Waals surface area contributed by atoms with E-state index in [1.54, 1.807) is 0 Å². The van der Waals surface area contributed by atoms with Gasteiger partial charge in [0.2, 0.25) is 0 Å². The molecule has 0 radical (unpaired) electrons. The summed E-state index contributed by atoms with van der Waals surface area (Å²) < 4.78 is 0. The summed E-state index contributed by atoms with van der Waals surface area (Å²) in [5, 5.41) is 7.31. The van der Waals surface area contributed by atoms with Crippen LogP contribution >= 0.6 is 0 Å². The van der Waals surface area contributed by atoms with Gasteiger partial charge in [-0.25, -0.2) is 0 Å². The lowest BCUT2D eigenvalue weighted by Crippen LogP contribution is -2.42. The molecule has 2 rings (SSSR count). The van der Waals surface area contributed by atoms with E-state index in [0.29, 0.717) is 0 Å². The highest BCUT2D eigenvalue weighted by Crippen LogP contribution is 2.29. The molecule has 2 aliphatic rings. The molecule has 1 aliphatic carbocycles. The molecular weight excluding hydrogens is 184 g/mol. The van der Waals surface area contributed by atoms with Crippen LogP contribution < -0.4 is 10.6 Å². The summed E-state index contributed by atoms with van der Waals surface area (Å²) in [7, 11) is 0. The van der Waals surface area contributed by atoms with E-state index in [4.69, 9.17) is 0 Å². The summed E-state index contributed by atoms with van der Waals surface area (Å²) in [5.41, 5.74) is 0. The van der Waals surface area contributed by atoms with Crippen molar-refractivity contribution in [3.8, 4) is 0 Å². The molecule has 0 aromatic rings. The van der Waals surface area contributed by atoms with Crippen LogP contribution in [0.25, 0.3) is 0 Å². The second-order valence-electron chi connectivity index (χ2n) is 5.67. The van der Waals surface area contributed by atoms with Crippen LogP contribution in [0.1, 0.15) is 46.0 Å². The maximum atomic E-state index is 3.75. The minimum Gasteiger partial charge on any atom is -0.313 e. The first-order chi connectivity index (χ1) is 7.25. The summed E-state index contributed by atoms with van der Waals surface area (Å²) in [6.07, 6.45) is 6.92. The fourth-order valence-electron chi connectivity index (χ4n) is 2.97. The molecule has 0 spiro atoms. The number of hydrogen-bond donors (Lipinski definition) is 2. The Morgan fingerprint density at radius 3 is 2.67 bits per heavy atom. The van der Waals surface area contributed by atoms with Gasteiger partial charge in [-0.3, -0.25) is 0 Å². The molecule has 2 heteroatoms. The zero-order valence-electron chi connectivity index (χ0n) is 10.3. The van der Waals surface area contributed by atoms with Crippen molar-refractivity contribution in [2.45, 2.75) is 58.0 Å². The second-order valence-corrected chi connectivity index (χ2v) is 5.67. The van der Waals surface area contributed by atoms with E-state index in [2.05, 4.69) is 24.5 Å². The largest absolute Gasteiger partial charge is 0.313 e. The molecule has 1 saturated carbocycles. The first kappa shape index (κ1) is 11.4. The monoisotopic (exact) mass is 210 g/mol. The predicted molar refractivity (Wildman–Crippen MR) is 65.0 cm³/mol. The van der Waals surface area contributed by atoms with Crippen molar-refractivity contribution in [1.82, 2.24) is 10.6 Å². The predicted octanol–water partition coefficient (Wildman–Crippen LogP) is 2.15. The lowest BCUT2D eigenvalue weighted by Gasteiger charge is -2.33. The molecule has 0 amide bonds. The van der Waals surface area contributed by atoms with Crippen molar-refractivity contribution in [1.29, 1.82) is 0 Å². The Bertz CT molecular complexity index is 187. The summed E-state index contributed by atoms with van der Waals surface area (Å²) in [6.45, 7) is 7.22. The first-order valence-electron chi connectivity index (χ1n) is 6.72. The summed E-state index contributed by atoms with van der Waals surface area (Å²) >= 11 is 0. The average Bonchev–Trinajstić information content (AvgIpc) is 2.73. The van der Waals surface area contributed by atoms with Gasteiger partial charge in [0, 0.05) is 18.6 Å². The Labute approximate surface area is 94.2 Å². The van der Waals surface area contributed by atoms with E-state index < -0.39 is 0 Å². The SMILES string of the molecule is CC1CCC(NCC2CCCN2)CC1C. The minimum atomic E-state index is 0.750. The van der Waals surface area contributed by atoms with E-state index in [9.17, 15) is 0 Å². The molecule has 2 fully saturated rings. The zero-order valence-corrected chi connectivity index (χ0v) is 10.3. The molecule has 0 bridgehead atoms. The third-order valence-corrected chi connectivity index (χ3v) is 4.41. The lowest BCUT2D eigenvalue weighted by atomic mass is 9.79. The van der Waals surface area contributed by atoms with Gasteiger partial charge < -0.3 is 10.6 Å². The number of rotatable bonds is 3. The van der Waals surface area contributed by atoms with Crippen molar-refractivity contribution in [2.75, 3.05) is 13.1 Å². The van der Waals surface area contributed by atoms with Gasteiger partial charge in [0.05, 0.1) is 0 Å². The fraction of sp³-hybridized carbons (Fsp3) is 1.00. The van der Waals surface area contributed by atoms with E-state index in [1.165, 1.54) is 45.2 Å². The molecule has 2 N–H and O–H groups in total. The Kier molecular flexibility index (Phi) is 4.04. The topological polar surface area (TPSA) is 24.1 Å². The van der Waals surface area contributed by atoms with Crippen molar-refractivity contribution in [2.24, 2.45) is 11.8 Å². The maximum Gasteiger partial charge on any atom is 0.0193 e. The van der Waals surface area contributed by atoms with Gasteiger partial charge in [0.25, 0.3) is 0 Å². The van der Waals surface area contributed by atoms with Gasteiger partial charge in [-0.2, -0.15) is 0 Å². The Morgan fingerprint density at radius 1 is 1.13 bits per heavy atom. The van der Waals surface area contributed by atoms with E-state index >= 15 is 0 Å². The highest BCUT2D eigenvalue weighted by Gasteiger charge is 2.25. The van der Waals surface area contributed by atoms with E-state index in [1.807, 2.05) is 0 Å². The number of nitrogens with one attached hydrogen (secondary N) is 2. The highest BCUT2D eigenvalue weighted by molar-refractivity contribution is 4.83. The van der Waals surface area contributed by atoms with Crippen LogP contribution in [-0.4, -0.2) is 25.2 Å². The Balaban J connectivity index is 1.66. The quantitative estimate of drug-likeness (QED) is 0.746. The molecule has 0 aromatic carbocycles. The fourth-order valence-corrected chi connectivity index (χ4v) is 2.97. The molecule has 0 aromatic heterocycles. The van der Waals surface area contributed by atoms with Crippen molar-refractivity contribution >= 4 is 0 Å². The first-order valence-corrected chi connectivity index (χ1v) is 6.72. The normalized spacial score (nSPS) is 42.0. The van der Waals surface area contributed by atoms with Gasteiger partial charge in [-0.1, -0.05) is 13.8 Å². The molecule has 15 heavy (non-hydrogen) atoms. The van der Waals surface area contributed by atoms with Crippen LogP contribution in [0.2, 0.25) is 0 Å². The standard InChI is InChI=1S/C13H26N2/c1-10-5-6-12(8-11(10)2)15-9-13-4-3-7-14-13/h10-15H,3-9H2,1-2H3. The zero-order chi connectivity index (χ0) is 10.7. The van der Waals surface area contributed by atoms with Crippen LogP contribution in [0.4, 0.5) is 0 Å².